The van der Waals surface area contributed by atoms with E-state index >= 15 is 0 Å². The maximum Gasteiger partial charge on any atom is 0.223 e. The summed E-state index contributed by atoms with van der Waals surface area (Å²) in [5.74, 6) is 0.659. The van der Waals surface area contributed by atoms with Crippen molar-refractivity contribution in [3.05, 3.63) is 77.6 Å². The molecule has 1 N–H and O–H groups in total. The molecule has 4 aromatic rings. The van der Waals surface area contributed by atoms with Gasteiger partial charge in [0.05, 0.1) is 22.8 Å². The maximum absolute atomic E-state index is 9.99. The number of benzene rings is 1. The Balaban J connectivity index is 1.62. The molecule has 0 saturated heterocycles. The number of imidazole rings is 1. The van der Waals surface area contributed by atoms with E-state index in [-0.39, 0.29) is 0 Å². The topological polar surface area (TPSA) is 92.3 Å². The molecule has 150 valence electrons. The van der Waals surface area contributed by atoms with Crippen LogP contribution in [0, 0.1) is 18.3 Å². The highest BCUT2D eigenvalue weighted by atomic mass is 15.1. The fourth-order valence-electron chi connectivity index (χ4n) is 3.59. The van der Waals surface area contributed by atoms with Crippen molar-refractivity contribution >= 4 is 17.0 Å². The highest BCUT2D eigenvalue weighted by Gasteiger charge is 2.23. The molecule has 0 radical (unpaired) electrons. The van der Waals surface area contributed by atoms with E-state index in [2.05, 4.69) is 37.8 Å². The number of nitriles is 1. The standard InChI is InChI=1S/C23H23N7/c1-3-30-21-9-5-4-8-19(21)28-22(30)18(14-24)20-13-16(2)27-23(29-20)26-12-10-17-7-6-11-25-15-17/h4-9,11,13,15,18H,3,10,12H2,1-2H3,(H,26,27,29). The molecule has 0 saturated carbocycles. The van der Waals surface area contributed by atoms with Crippen LogP contribution in [0.25, 0.3) is 11.0 Å². The molecule has 7 heteroatoms. The number of hydrogen-bond donors (Lipinski definition) is 1. The van der Waals surface area contributed by atoms with E-state index in [1.807, 2.05) is 55.6 Å². The van der Waals surface area contributed by atoms with Crippen molar-refractivity contribution in [2.24, 2.45) is 0 Å². The van der Waals surface area contributed by atoms with Crippen LogP contribution in [0.1, 0.15) is 35.6 Å². The third kappa shape index (κ3) is 3.98. The summed E-state index contributed by atoms with van der Waals surface area (Å²) in [6.07, 6.45) is 4.43. The van der Waals surface area contributed by atoms with Crippen molar-refractivity contribution < 1.29 is 0 Å². The van der Waals surface area contributed by atoms with Gasteiger partial charge >= 0.3 is 0 Å². The fraction of sp³-hybridized carbons (Fsp3) is 0.261. The lowest BCUT2D eigenvalue weighted by atomic mass is 10.1. The molecule has 0 fully saturated rings. The number of para-hydroxylation sites is 2. The van der Waals surface area contributed by atoms with Crippen LogP contribution >= 0.6 is 0 Å². The van der Waals surface area contributed by atoms with Crippen LogP contribution in [0.3, 0.4) is 0 Å². The number of anilines is 1. The quantitative estimate of drug-likeness (QED) is 0.509. The predicted octanol–water partition coefficient (Wildman–Crippen LogP) is 3.86. The molecule has 3 heterocycles. The van der Waals surface area contributed by atoms with E-state index in [0.717, 1.165) is 35.3 Å². The largest absolute Gasteiger partial charge is 0.354 e. The van der Waals surface area contributed by atoms with Crippen LogP contribution < -0.4 is 5.32 Å². The zero-order valence-corrected chi connectivity index (χ0v) is 17.1. The van der Waals surface area contributed by atoms with Crippen LogP contribution in [0.4, 0.5) is 5.95 Å². The molecule has 30 heavy (non-hydrogen) atoms. The highest BCUT2D eigenvalue weighted by molar-refractivity contribution is 5.76. The van der Waals surface area contributed by atoms with Crippen molar-refractivity contribution in [3.63, 3.8) is 0 Å². The van der Waals surface area contributed by atoms with Gasteiger partial charge in [-0.05, 0) is 50.1 Å². The van der Waals surface area contributed by atoms with Gasteiger partial charge in [0.25, 0.3) is 0 Å². The first-order valence-electron chi connectivity index (χ1n) is 10.0. The molecular formula is C23H23N7. The molecule has 0 amide bonds. The summed E-state index contributed by atoms with van der Waals surface area (Å²) in [7, 11) is 0. The van der Waals surface area contributed by atoms with Crippen molar-refractivity contribution in [2.45, 2.75) is 32.7 Å². The van der Waals surface area contributed by atoms with Gasteiger partial charge < -0.3 is 9.88 Å². The van der Waals surface area contributed by atoms with E-state index in [1.54, 1.807) is 6.20 Å². The van der Waals surface area contributed by atoms with Crippen molar-refractivity contribution in [2.75, 3.05) is 11.9 Å². The van der Waals surface area contributed by atoms with Crippen LogP contribution in [0.15, 0.2) is 54.9 Å². The van der Waals surface area contributed by atoms with Gasteiger partial charge in [0.2, 0.25) is 5.95 Å². The minimum atomic E-state index is -0.571. The second-order valence-electron chi connectivity index (χ2n) is 7.06. The molecule has 1 aromatic carbocycles. The second-order valence-corrected chi connectivity index (χ2v) is 7.06. The molecule has 0 aliphatic rings. The van der Waals surface area contributed by atoms with Crippen molar-refractivity contribution in [1.29, 1.82) is 5.26 Å². The normalized spacial score (nSPS) is 11.9. The third-order valence-corrected chi connectivity index (χ3v) is 4.98. The first-order valence-corrected chi connectivity index (χ1v) is 10.0. The Hall–Kier alpha value is -3.79. The molecule has 3 aromatic heterocycles. The first-order chi connectivity index (χ1) is 14.7. The average molecular weight is 397 g/mol. The summed E-state index contributed by atoms with van der Waals surface area (Å²) in [6, 6.07) is 16.2. The van der Waals surface area contributed by atoms with Gasteiger partial charge in [0.15, 0.2) is 0 Å². The van der Waals surface area contributed by atoms with Gasteiger partial charge in [-0.2, -0.15) is 5.26 Å². The Kier molecular flexibility index (Phi) is 5.66. The Morgan fingerprint density at radius 3 is 2.77 bits per heavy atom. The molecule has 0 aliphatic carbocycles. The van der Waals surface area contributed by atoms with Gasteiger partial charge in [0.1, 0.15) is 11.7 Å². The van der Waals surface area contributed by atoms with Crippen LogP contribution in [0.2, 0.25) is 0 Å². The number of fused-ring (bicyclic) bond motifs is 1. The van der Waals surface area contributed by atoms with E-state index in [0.29, 0.717) is 24.0 Å². The molecule has 1 unspecified atom stereocenters. The number of aromatic nitrogens is 5. The molecule has 0 bridgehead atoms. The number of aryl methyl sites for hydroxylation is 2. The fourth-order valence-corrected chi connectivity index (χ4v) is 3.59. The van der Waals surface area contributed by atoms with Crippen molar-refractivity contribution in [1.82, 2.24) is 24.5 Å². The van der Waals surface area contributed by atoms with Crippen LogP contribution in [-0.2, 0) is 13.0 Å². The summed E-state index contributed by atoms with van der Waals surface area (Å²) in [4.78, 5) is 18.0. The number of pyridine rings is 1. The molecule has 7 nitrogen and oxygen atoms in total. The van der Waals surface area contributed by atoms with E-state index in [1.165, 1.54) is 0 Å². The lowest BCUT2D eigenvalue weighted by Crippen LogP contribution is -2.14. The number of hydrogen-bond acceptors (Lipinski definition) is 6. The molecule has 0 aliphatic heterocycles. The minimum absolute atomic E-state index is 0.522. The zero-order chi connectivity index (χ0) is 20.9. The minimum Gasteiger partial charge on any atom is -0.354 e. The number of nitrogens with zero attached hydrogens (tertiary/aromatic N) is 6. The van der Waals surface area contributed by atoms with E-state index in [9.17, 15) is 5.26 Å². The monoisotopic (exact) mass is 397 g/mol. The van der Waals surface area contributed by atoms with Gasteiger partial charge in [-0.3, -0.25) is 4.98 Å². The van der Waals surface area contributed by atoms with Gasteiger partial charge in [-0.1, -0.05) is 18.2 Å². The van der Waals surface area contributed by atoms with Crippen LogP contribution in [0.5, 0.6) is 0 Å². The lowest BCUT2D eigenvalue weighted by molar-refractivity contribution is 0.704. The second kappa shape index (κ2) is 8.70. The van der Waals surface area contributed by atoms with Gasteiger partial charge in [0, 0.05) is 31.2 Å². The van der Waals surface area contributed by atoms with Gasteiger partial charge in [-0.15, -0.1) is 0 Å². The number of rotatable bonds is 7. The highest BCUT2D eigenvalue weighted by Crippen LogP contribution is 2.27. The Bertz CT molecular complexity index is 1190. The number of nitrogens with one attached hydrogen (secondary N) is 1. The Labute approximate surface area is 175 Å². The van der Waals surface area contributed by atoms with Gasteiger partial charge in [-0.25, -0.2) is 15.0 Å². The lowest BCUT2D eigenvalue weighted by Gasteiger charge is -2.13. The molecule has 0 spiro atoms. The molecular weight excluding hydrogens is 374 g/mol. The zero-order valence-electron chi connectivity index (χ0n) is 17.1. The SMILES string of the molecule is CCn1c(C(C#N)c2cc(C)nc(NCCc3cccnc3)n2)nc2ccccc21. The Morgan fingerprint density at radius 1 is 1.13 bits per heavy atom. The van der Waals surface area contributed by atoms with E-state index < -0.39 is 5.92 Å². The first kappa shape index (κ1) is 19.5. The average Bonchev–Trinajstić information content (AvgIpc) is 3.13. The summed E-state index contributed by atoms with van der Waals surface area (Å²) < 4.78 is 2.08. The smallest absolute Gasteiger partial charge is 0.223 e. The summed E-state index contributed by atoms with van der Waals surface area (Å²) in [5, 5.41) is 13.3. The molecule has 4 rings (SSSR count). The predicted molar refractivity (Wildman–Crippen MR) is 116 cm³/mol. The Morgan fingerprint density at radius 2 is 2.00 bits per heavy atom. The summed E-state index contributed by atoms with van der Waals surface area (Å²) >= 11 is 0. The molecule has 1 atom stereocenters. The summed E-state index contributed by atoms with van der Waals surface area (Å²) in [5.41, 5.74) is 4.51. The third-order valence-electron chi connectivity index (χ3n) is 4.98. The van der Waals surface area contributed by atoms with Crippen molar-refractivity contribution in [3.8, 4) is 6.07 Å². The maximum atomic E-state index is 9.99. The van der Waals surface area contributed by atoms with E-state index in [4.69, 9.17) is 4.98 Å². The van der Waals surface area contributed by atoms with Crippen LogP contribution in [-0.4, -0.2) is 31.0 Å². The summed E-state index contributed by atoms with van der Waals surface area (Å²) in [6.45, 7) is 5.38.